The molecule has 1 aromatic rings. The third-order valence-electron chi connectivity index (χ3n) is 3.39. The number of benzene rings is 1. The Morgan fingerprint density at radius 3 is 2.89 bits per heavy atom. The topological polar surface area (TPSA) is 46.3 Å². The summed E-state index contributed by atoms with van der Waals surface area (Å²) in [6.07, 6.45) is 0. The molecule has 1 aliphatic rings. The summed E-state index contributed by atoms with van der Waals surface area (Å²) >= 11 is 7.75. The van der Waals surface area contributed by atoms with Crippen LogP contribution < -0.4 is 5.73 Å². The zero-order chi connectivity index (χ0) is 13.3. The minimum atomic E-state index is 0.00353. The molecule has 1 amide bonds. The van der Waals surface area contributed by atoms with Crippen molar-refractivity contribution in [3.63, 3.8) is 0 Å². The molecule has 1 aliphatic heterocycles. The number of halogens is 1. The van der Waals surface area contributed by atoms with Crippen LogP contribution in [0.2, 0.25) is 5.02 Å². The number of nitrogens with two attached hydrogens (primary N) is 1. The summed E-state index contributed by atoms with van der Waals surface area (Å²) in [6.45, 7) is 5.01. The van der Waals surface area contributed by atoms with E-state index < -0.39 is 0 Å². The van der Waals surface area contributed by atoms with Crippen LogP contribution in [0.1, 0.15) is 24.2 Å². The smallest absolute Gasteiger partial charge is 0.256 e. The lowest BCUT2D eigenvalue weighted by atomic mass is 10.1. The highest BCUT2D eigenvalue weighted by molar-refractivity contribution is 8.00. The molecular weight excluding hydrogens is 268 g/mol. The van der Waals surface area contributed by atoms with Crippen LogP contribution in [0.3, 0.4) is 0 Å². The van der Waals surface area contributed by atoms with Gasteiger partial charge in [0.2, 0.25) is 0 Å². The molecule has 2 unspecified atom stereocenters. The molecule has 1 heterocycles. The Labute approximate surface area is 117 Å². The standard InChI is InChI=1S/C13H17ClN2OS/c1-8-9(2)18-6-5-16(8)13(17)11-4-3-10(14)7-12(11)15/h3-4,7-9H,5-6,15H2,1-2H3. The van der Waals surface area contributed by atoms with Crippen LogP contribution in [0.5, 0.6) is 0 Å². The molecule has 0 aliphatic carbocycles. The fourth-order valence-electron chi connectivity index (χ4n) is 2.10. The summed E-state index contributed by atoms with van der Waals surface area (Å²) in [6, 6.07) is 5.27. The van der Waals surface area contributed by atoms with Crippen molar-refractivity contribution >= 4 is 35.0 Å². The molecule has 0 aromatic heterocycles. The Bertz CT molecular complexity index is 466. The SMILES string of the molecule is CC1SCCN(C(=O)c2ccc(Cl)cc2N)C1C. The molecule has 3 nitrogen and oxygen atoms in total. The number of carbonyl (C=O) groups excluding carboxylic acids is 1. The second-order valence-corrected chi connectivity index (χ2v) is 6.47. The van der Waals surface area contributed by atoms with Crippen molar-refractivity contribution in [3.05, 3.63) is 28.8 Å². The molecule has 2 rings (SSSR count). The number of carbonyl (C=O) groups is 1. The Hall–Kier alpha value is -0.870. The maximum atomic E-state index is 12.5. The van der Waals surface area contributed by atoms with Gasteiger partial charge in [-0.2, -0.15) is 11.8 Å². The third kappa shape index (κ3) is 2.59. The van der Waals surface area contributed by atoms with E-state index in [-0.39, 0.29) is 11.9 Å². The molecule has 1 fully saturated rings. The minimum absolute atomic E-state index is 0.00353. The van der Waals surface area contributed by atoms with E-state index in [1.807, 2.05) is 16.7 Å². The van der Waals surface area contributed by atoms with Crippen LogP contribution in [0.4, 0.5) is 5.69 Å². The summed E-state index contributed by atoms with van der Waals surface area (Å²) < 4.78 is 0. The maximum absolute atomic E-state index is 12.5. The second kappa shape index (κ2) is 5.41. The van der Waals surface area contributed by atoms with Gasteiger partial charge in [0.05, 0.1) is 5.56 Å². The fraction of sp³-hybridized carbons (Fsp3) is 0.462. The summed E-state index contributed by atoms with van der Waals surface area (Å²) in [5, 5.41) is 1.01. The van der Waals surface area contributed by atoms with Gasteiger partial charge in [-0.25, -0.2) is 0 Å². The highest BCUT2D eigenvalue weighted by Gasteiger charge is 2.30. The largest absolute Gasteiger partial charge is 0.398 e. The van der Waals surface area contributed by atoms with Gasteiger partial charge in [0.15, 0.2) is 0 Å². The van der Waals surface area contributed by atoms with E-state index in [4.69, 9.17) is 17.3 Å². The van der Waals surface area contributed by atoms with E-state index in [1.165, 1.54) is 0 Å². The van der Waals surface area contributed by atoms with Gasteiger partial charge in [0.25, 0.3) is 5.91 Å². The first kappa shape index (κ1) is 13.6. The van der Waals surface area contributed by atoms with Gasteiger partial charge in [-0.05, 0) is 25.1 Å². The van der Waals surface area contributed by atoms with E-state index in [9.17, 15) is 4.79 Å². The predicted octanol–water partition coefficient (Wildman–Crippen LogP) is 2.89. The van der Waals surface area contributed by atoms with Crippen molar-refractivity contribution in [2.24, 2.45) is 0 Å². The van der Waals surface area contributed by atoms with E-state index in [2.05, 4.69) is 13.8 Å². The number of hydrogen-bond acceptors (Lipinski definition) is 3. The molecule has 5 heteroatoms. The fourth-order valence-corrected chi connectivity index (χ4v) is 3.38. The quantitative estimate of drug-likeness (QED) is 0.807. The zero-order valence-corrected chi connectivity index (χ0v) is 12.1. The van der Waals surface area contributed by atoms with E-state index >= 15 is 0 Å². The monoisotopic (exact) mass is 284 g/mol. The van der Waals surface area contributed by atoms with Gasteiger partial charge in [-0.15, -0.1) is 0 Å². The first-order chi connectivity index (χ1) is 8.50. The number of amides is 1. The van der Waals surface area contributed by atoms with Gasteiger partial charge in [-0.3, -0.25) is 4.79 Å². The van der Waals surface area contributed by atoms with E-state index in [0.717, 1.165) is 12.3 Å². The molecule has 2 atom stereocenters. The lowest BCUT2D eigenvalue weighted by Crippen LogP contribution is -2.48. The summed E-state index contributed by atoms with van der Waals surface area (Å²) in [5.74, 6) is 0.980. The lowest BCUT2D eigenvalue weighted by Gasteiger charge is -2.37. The van der Waals surface area contributed by atoms with E-state index in [1.54, 1.807) is 18.2 Å². The van der Waals surface area contributed by atoms with Gasteiger partial charge in [0.1, 0.15) is 0 Å². The van der Waals surface area contributed by atoms with Crippen molar-refractivity contribution in [3.8, 4) is 0 Å². The predicted molar refractivity (Wildman–Crippen MR) is 78.3 cm³/mol. The first-order valence-corrected chi connectivity index (χ1v) is 7.41. The van der Waals surface area contributed by atoms with Crippen molar-refractivity contribution in [1.82, 2.24) is 4.90 Å². The van der Waals surface area contributed by atoms with Crippen LogP contribution in [0, 0.1) is 0 Å². The van der Waals surface area contributed by atoms with E-state index in [0.29, 0.717) is 21.5 Å². The Morgan fingerprint density at radius 2 is 2.22 bits per heavy atom. The lowest BCUT2D eigenvalue weighted by molar-refractivity contribution is 0.0699. The highest BCUT2D eigenvalue weighted by atomic mass is 35.5. The number of nitrogen functional groups attached to an aromatic ring is 1. The van der Waals surface area contributed by atoms with Gasteiger partial charge >= 0.3 is 0 Å². The molecule has 0 bridgehead atoms. The summed E-state index contributed by atoms with van der Waals surface area (Å²) in [7, 11) is 0. The molecule has 18 heavy (non-hydrogen) atoms. The minimum Gasteiger partial charge on any atom is -0.398 e. The van der Waals surface area contributed by atoms with Crippen molar-refractivity contribution in [2.45, 2.75) is 25.1 Å². The Balaban J connectivity index is 2.25. The van der Waals surface area contributed by atoms with Gasteiger partial charge in [-0.1, -0.05) is 18.5 Å². The van der Waals surface area contributed by atoms with Gasteiger partial charge < -0.3 is 10.6 Å². The number of thioether (sulfide) groups is 1. The van der Waals surface area contributed by atoms with Crippen LogP contribution >= 0.6 is 23.4 Å². The van der Waals surface area contributed by atoms with Crippen molar-refractivity contribution < 1.29 is 4.79 Å². The summed E-state index contributed by atoms with van der Waals surface area (Å²) in [5.41, 5.74) is 6.87. The maximum Gasteiger partial charge on any atom is 0.256 e. The molecular formula is C13H17ClN2OS. The highest BCUT2D eigenvalue weighted by Crippen LogP contribution is 2.27. The second-order valence-electron chi connectivity index (χ2n) is 4.55. The average molecular weight is 285 g/mol. The molecule has 1 saturated heterocycles. The molecule has 0 spiro atoms. The van der Waals surface area contributed by atoms with Crippen molar-refractivity contribution in [1.29, 1.82) is 0 Å². The number of nitrogens with zero attached hydrogens (tertiary/aromatic N) is 1. The molecule has 0 radical (unpaired) electrons. The number of hydrogen-bond donors (Lipinski definition) is 1. The third-order valence-corrected chi connectivity index (χ3v) is 4.96. The molecule has 0 saturated carbocycles. The zero-order valence-electron chi connectivity index (χ0n) is 10.5. The molecule has 2 N–H and O–H groups in total. The average Bonchev–Trinajstić information content (AvgIpc) is 2.32. The Morgan fingerprint density at radius 1 is 1.50 bits per heavy atom. The normalized spacial score (nSPS) is 24.1. The van der Waals surface area contributed by atoms with Crippen LogP contribution in [-0.2, 0) is 0 Å². The molecule has 98 valence electrons. The summed E-state index contributed by atoms with van der Waals surface area (Å²) in [4.78, 5) is 14.4. The van der Waals surface area contributed by atoms with Crippen LogP contribution in [-0.4, -0.2) is 34.4 Å². The van der Waals surface area contributed by atoms with Crippen LogP contribution in [0.15, 0.2) is 18.2 Å². The number of anilines is 1. The molecule has 1 aromatic carbocycles. The van der Waals surface area contributed by atoms with Gasteiger partial charge in [0, 0.05) is 34.3 Å². The number of rotatable bonds is 1. The van der Waals surface area contributed by atoms with Crippen molar-refractivity contribution in [2.75, 3.05) is 18.0 Å². The first-order valence-electron chi connectivity index (χ1n) is 5.98. The van der Waals surface area contributed by atoms with Crippen LogP contribution in [0.25, 0.3) is 0 Å². The Kier molecular flexibility index (Phi) is 4.07.